The van der Waals surface area contributed by atoms with Crippen LogP contribution in [0.25, 0.3) is 16.6 Å². The first-order valence-corrected chi connectivity index (χ1v) is 31.3. The molecule has 0 spiro atoms. The highest BCUT2D eigenvalue weighted by Gasteiger charge is 2.40. The van der Waals surface area contributed by atoms with E-state index in [1.54, 1.807) is 35.4 Å². The molecular weight excluding hydrogens is 1130 g/mol. The number of allylic oxidation sites excluding steroid dienone is 1. The van der Waals surface area contributed by atoms with Crippen molar-refractivity contribution < 1.29 is 42.7 Å². The molecular formula is C64H72ClN11O9S. The summed E-state index contributed by atoms with van der Waals surface area (Å²) in [5.41, 5.74) is 7.57. The molecule has 22 heteroatoms. The van der Waals surface area contributed by atoms with Crippen LogP contribution >= 0.6 is 11.6 Å². The van der Waals surface area contributed by atoms with Gasteiger partial charge in [-0.25, -0.2) is 18.1 Å². The molecule has 2 aliphatic carbocycles. The van der Waals surface area contributed by atoms with E-state index >= 15 is 0 Å². The van der Waals surface area contributed by atoms with E-state index in [0.29, 0.717) is 72.0 Å². The summed E-state index contributed by atoms with van der Waals surface area (Å²) in [6, 6.07) is 25.6. The number of hydrogen-bond acceptors (Lipinski definition) is 16. The molecule has 11 rings (SSSR count). The fourth-order valence-corrected chi connectivity index (χ4v) is 13.6. The lowest BCUT2D eigenvalue weighted by molar-refractivity contribution is -0.136. The number of H-pyrrole nitrogens is 1. The summed E-state index contributed by atoms with van der Waals surface area (Å²) in [6.45, 7) is 11.5. The average Bonchev–Trinajstić information content (AvgIpc) is 2.48. The van der Waals surface area contributed by atoms with E-state index in [9.17, 15) is 38.0 Å². The van der Waals surface area contributed by atoms with Crippen LogP contribution in [0, 0.1) is 23.2 Å². The number of nitrogens with zero attached hydrogens (tertiary/aromatic N) is 5. The van der Waals surface area contributed by atoms with Crippen molar-refractivity contribution in [3.05, 3.63) is 142 Å². The summed E-state index contributed by atoms with van der Waals surface area (Å²) in [5.74, 6) is 5.38. The second-order valence-electron chi connectivity index (χ2n) is 23.7. The molecule has 3 fully saturated rings. The summed E-state index contributed by atoms with van der Waals surface area (Å²) in [4.78, 5) is 65.1. The SMILES string of the molecule is CC1(C)CCC(CNCCNc2ccc(C(=O)NS(=O)(=O)c3ccc(NCC4CCC(N5CCN(CC#Cc6cccc7c6CN(C6CCC(=O)NC6=O)C7=O)CC5)CC4)c(N(O)O)c3)c(Oc3cnc4[nH]ccc4c3)c2)=C(c2ccc(Cl)cc2)C1. The minimum absolute atomic E-state index is 0.0623. The van der Waals surface area contributed by atoms with Gasteiger partial charge >= 0.3 is 0 Å². The van der Waals surface area contributed by atoms with E-state index in [1.807, 2.05) is 30.3 Å². The molecule has 0 bridgehead atoms. The number of halogens is 1. The Hall–Kier alpha value is -7.81. The van der Waals surface area contributed by atoms with Crippen molar-refractivity contribution in [1.29, 1.82) is 0 Å². The monoisotopic (exact) mass is 1210 g/mol. The number of anilines is 3. The van der Waals surface area contributed by atoms with Gasteiger partial charge in [-0.2, -0.15) is 0 Å². The Morgan fingerprint density at radius 3 is 2.49 bits per heavy atom. The number of benzene rings is 4. The van der Waals surface area contributed by atoms with Gasteiger partial charge in [-0.3, -0.25) is 44.7 Å². The van der Waals surface area contributed by atoms with E-state index in [4.69, 9.17) is 16.3 Å². The van der Waals surface area contributed by atoms with E-state index in [0.717, 1.165) is 100 Å². The van der Waals surface area contributed by atoms with Gasteiger partial charge in [0.25, 0.3) is 21.8 Å². The molecule has 2 aromatic heterocycles. The highest BCUT2D eigenvalue weighted by Crippen LogP contribution is 2.43. The van der Waals surface area contributed by atoms with E-state index in [2.05, 4.69) is 83.6 Å². The number of piperidine rings is 1. The zero-order valence-electron chi connectivity index (χ0n) is 48.3. The smallest absolute Gasteiger partial charge is 0.268 e. The molecule has 1 saturated carbocycles. The number of sulfonamides is 1. The molecule has 450 valence electrons. The number of amides is 4. The van der Waals surface area contributed by atoms with Crippen LogP contribution in [-0.4, -0.2) is 138 Å². The lowest BCUT2D eigenvalue weighted by Crippen LogP contribution is -2.52. The van der Waals surface area contributed by atoms with Gasteiger partial charge in [-0.05, 0) is 146 Å². The summed E-state index contributed by atoms with van der Waals surface area (Å²) in [6.07, 6.45) is 10.7. The van der Waals surface area contributed by atoms with Gasteiger partial charge in [0, 0.05) is 111 Å². The van der Waals surface area contributed by atoms with Crippen molar-refractivity contribution in [3.63, 3.8) is 0 Å². The molecule has 0 radical (unpaired) electrons. The third kappa shape index (κ3) is 14.0. The Morgan fingerprint density at radius 1 is 0.907 bits per heavy atom. The number of ether oxygens (including phenoxy) is 1. The Kier molecular flexibility index (Phi) is 18.1. The fourth-order valence-electron chi connectivity index (χ4n) is 12.5. The number of aromatic amines is 1. The Balaban J connectivity index is 0.664. The predicted octanol–water partition coefficient (Wildman–Crippen LogP) is 8.78. The lowest BCUT2D eigenvalue weighted by atomic mass is 9.72. The van der Waals surface area contributed by atoms with Gasteiger partial charge in [0.15, 0.2) is 0 Å². The molecule has 20 nitrogen and oxygen atoms in total. The Labute approximate surface area is 505 Å². The van der Waals surface area contributed by atoms with Crippen LogP contribution in [0.4, 0.5) is 17.1 Å². The Bertz CT molecular complexity index is 3750. The van der Waals surface area contributed by atoms with Gasteiger partial charge in [0.1, 0.15) is 28.9 Å². The van der Waals surface area contributed by atoms with E-state index < -0.39 is 27.9 Å². The number of imide groups is 1. The van der Waals surface area contributed by atoms with Gasteiger partial charge in [-0.15, -0.1) is 5.23 Å². The summed E-state index contributed by atoms with van der Waals surface area (Å²) in [7, 11) is -4.57. The number of piperazine rings is 1. The van der Waals surface area contributed by atoms with Crippen LogP contribution in [-0.2, 0) is 26.2 Å². The van der Waals surface area contributed by atoms with Crippen LogP contribution in [0.3, 0.4) is 0 Å². The maximum Gasteiger partial charge on any atom is 0.268 e. The van der Waals surface area contributed by atoms with Crippen LogP contribution in [0.5, 0.6) is 11.5 Å². The predicted molar refractivity (Wildman–Crippen MR) is 329 cm³/mol. The number of fused-ring (bicyclic) bond motifs is 2. The molecule has 4 amide bonds. The van der Waals surface area contributed by atoms with Crippen LogP contribution in [0.2, 0.25) is 5.02 Å². The quantitative estimate of drug-likeness (QED) is 0.0163. The first-order chi connectivity index (χ1) is 41.4. The number of hydrogen-bond donors (Lipinski definition) is 8. The second-order valence-corrected chi connectivity index (χ2v) is 25.9. The Morgan fingerprint density at radius 2 is 1.71 bits per heavy atom. The van der Waals surface area contributed by atoms with Gasteiger partial charge in [0.05, 0.1) is 28.9 Å². The standard InChI is InChI=1S/C64H72ClN11O9S/c1-64(2)24-22-45(53(36-64)43-10-12-46(65)13-11-43)38-66-26-27-67-47-14-18-52(58(34-47)85-49-33-44-23-25-68-60(44)70-39-49)61(78)72-86(83,84)50-17-19-55(57(35-50)76(81)82)69-37-41-8-15-48(16-9-41)74-31-29-73(30-32-74)28-4-6-42-5-3-7-51-54(42)40-75(63(51)80)56-20-21-59(77)71-62(56)79/h3,5,7,10-14,17-19,23,25,33-35,39,41,48,56,66-67,69,81-82H,8-9,15-16,20-22,24,26-32,36-38,40H2,1-2H3,(H,68,70)(H,72,78)(H,71,77,79). The molecule has 4 aromatic carbocycles. The normalized spacial score (nSPS) is 20.0. The average molecular weight is 1210 g/mol. The third-order valence-corrected chi connectivity index (χ3v) is 18.9. The van der Waals surface area contributed by atoms with Gasteiger partial charge in [-0.1, -0.05) is 61.1 Å². The highest BCUT2D eigenvalue weighted by molar-refractivity contribution is 7.90. The van der Waals surface area contributed by atoms with Crippen molar-refractivity contribution >= 4 is 78.9 Å². The molecule has 6 aromatic rings. The largest absolute Gasteiger partial charge is 0.455 e. The van der Waals surface area contributed by atoms with Crippen molar-refractivity contribution in [3.8, 4) is 23.3 Å². The van der Waals surface area contributed by atoms with Gasteiger partial charge in [0.2, 0.25) is 11.8 Å². The van der Waals surface area contributed by atoms with Crippen molar-refractivity contribution in [1.82, 2.24) is 40.0 Å². The lowest BCUT2D eigenvalue weighted by Gasteiger charge is -2.41. The number of carbonyl (C=O) groups excluding carboxylic acids is 4. The summed E-state index contributed by atoms with van der Waals surface area (Å²) in [5, 5.41) is 34.7. The zero-order valence-corrected chi connectivity index (χ0v) is 49.8. The number of nitrogens with one attached hydrogen (secondary N) is 6. The fraction of sp³-hybridized carbons (Fsp3) is 0.391. The maximum absolute atomic E-state index is 14.1. The number of pyridine rings is 1. The first-order valence-electron chi connectivity index (χ1n) is 29.4. The summed E-state index contributed by atoms with van der Waals surface area (Å²) >= 11 is 6.22. The molecule has 86 heavy (non-hydrogen) atoms. The van der Waals surface area contributed by atoms with Crippen molar-refractivity contribution in [2.45, 2.75) is 95.2 Å². The minimum Gasteiger partial charge on any atom is -0.455 e. The number of carbonyl (C=O) groups is 4. The number of aromatic nitrogens is 2. The molecule has 8 N–H and O–H groups in total. The van der Waals surface area contributed by atoms with Gasteiger partial charge < -0.3 is 30.6 Å². The zero-order chi connectivity index (χ0) is 60.1. The molecule has 5 heterocycles. The molecule has 1 unspecified atom stereocenters. The van der Waals surface area contributed by atoms with E-state index in [-0.39, 0.29) is 63.2 Å². The maximum atomic E-state index is 14.1. The molecule has 3 aliphatic heterocycles. The highest BCUT2D eigenvalue weighted by atomic mass is 35.5. The molecule has 1 atom stereocenters. The topological polar surface area (TPSA) is 254 Å². The minimum atomic E-state index is -4.57. The van der Waals surface area contributed by atoms with Crippen molar-refractivity contribution in [2.75, 3.05) is 74.8 Å². The second kappa shape index (κ2) is 26.0. The summed E-state index contributed by atoms with van der Waals surface area (Å²) < 4.78 is 36.4. The van der Waals surface area contributed by atoms with Crippen LogP contribution in [0.1, 0.15) is 109 Å². The van der Waals surface area contributed by atoms with Crippen LogP contribution in [0.15, 0.2) is 114 Å². The molecule has 2 saturated heterocycles. The third-order valence-electron chi connectivity index (χ3n) is 17.3. The van der Waals surface area contributed by atoms with Crippen LogP contribution < -0.4 is 36.0 Å². The molecule has 5 aliphatic rings. The van der Waals surface area contributed by atoms with Crippen molar-refractivity contribution in [2.24, 2.45) is 11.3 Å². The number of rotatable bonds is 19. The van der Waals surface area contributed by atoms with E-state index in [1.165, 1.54) is 41.1 Å². The first kappa shape index (κ1) is 59.9.